The standard InChI is InChI=1S/C19H22ClN3OS/c20-15-3-1-13(2-4-15)16(11-22-18(24)19(21)7-8-19)23-9-5-17-14(12-23)6-10-25-17/h1-4,6,10,16H,5,7-9,11-12,21H2,(H,22,24). The Morgan fingerprint density at radius 2 is 2.08 bits per heavy atom. The number of thiophene rings is 1. The largest absolute Gasteiger partial charge is 0.353 e. The molecule has 2 aliphatic rings. The van der Waals surface area contributed by atoms with E-state index in [9.17, 15) is 4.79 Å². The molecule has 4 rings (SSSR count). The molecule has 0 bridgehead atoms. The highest BCUT2D eigenvalue weighted by Gasteiger charge is 2.46. The topological polar surface area (TPSA) is 58.4 Å². The molecule has 132 valence electrons. The van der Waals surface area contributed by atoms with E-state index < -0.39 is 5.54 Å². The third kappa shape index (κ3) is 3.60. The van der Waals surface area contributed by atoms with Crippen molar-refractivity contribution in [1.29, 1.82) is 0 Å². The van der Waals surface area contributed by atoms with Gasteiger partial charge in [0.25, 0.3) is 0 Å². The van der Waals surface area contributed by atoms with Gasteiger partial charge in [-0.25, -0.2) is 0 Å². The molecule has 4 nitrogen and oxygen atoms in total. The zero-order chi connectivity index (χ0) is 17.4. The first-order chi connectivity index (χ1) is 12.0. The van der Waals surface area contributed by atoms with Crippen molar-refractivity contribution in [2.24, 2.45) is 5.73 Å². The molecule has 1 unspecified atom stereocenters. The Morgan fingerprint density at radius 3 is 2.80 bits per heavy atom. The summed E-state index contributed by atoms with van der Waals surface area (Å²) in [6.07, 6.45) is 2.63. The monoisotopic (exact) mass is 375 g/mol. The molecular weight excluding hydrogens is 354 g/mol. The lowest BCUT2D eigenvalue weighted by atomic mass is 10.0. The first kappa shape index (κ1) is 17.0. The summed E-state index contributed by atoms with van der Waals surface area (Å²) in [7, 11) is 0. The van der Waals surface area contributed by atoms with Crippen LogP contribution in [0, 0.1) is 0 Å². The van der Waals surface area contributed by atoms with Gasteiger partial charge in [-0.15, -0.1) is 11.3 Å². The van der Waals surface area contributed by atoms with Crippen molar-refractivity contribution in [3.05, 3.63) is 56.7 Å². The normalized spacial score (nSPS) is 19.9. The van der Waals surface area contributed by atoms with Gasteiger partial charge in [0.05, 0.1) is 11.6 Å². The van der Waals surface area contributed by atoms with E-state index in [0.717, 1.165) is 37.4 Å². The van der Waals surface area contributed by atoms with Gasteiger partial charge >= 0.3 is 0 Å². The van der Waals surface area contributed by atoms with E-state index in [4.69, 9.17) is 17.3 Å². The maximum atomic E-state index is 12.3. The fourth-order valence-electron chi connectivity index (χ4n) is 3.41. The molecule has 1 aliphatic heterocycles. The molecule has 2 heterocycles. The van der Waals surface area contributed by atoms with Crippen molar-refractivity contribution in [3.8, 4) is 0 Å². The number of carbonyl (C=O) groups excluding carboxylic acids is 1. The number of hydrogen-bond donors (Lipinski definition) is 2. The Morgan fingerprint density at radius 1 is 1.32 bits per heavy atom. The number of amides is 1. The molecule has 1 aliphatic carbocycles. The number of nitrogens with zero attached hydrogens (tertiary/aromatic N) is 1. The fourth-order valence-corrected chi connectivity index (χ4v) is 4.42. The van der Waals surface area contributed by atoms with Crippen LogP contribution in [-0.4, -0.2) is 29.4 Å². The summed E-state index contributed by atoms with van der Waals surface area (Å²) in [5.41, 5.74) is 7.96. The number of fused-ring (bicyclic) bond motifs is 1. The molecule has 1 aromatic carbocycles. The lowest BCUT2D eigenvalue weighted by molar-refractivity contribution is -0.123. The van der Waals surface area contributed by atoms with Gasteiger partial charge in [0.2, 0.25) is 5.91 Å². The van der Waals surface area contributed by atoms with Crippen molar-refractivity contribution in [3.63, 3.8) is 0 Å². The van der Waals surface area contributed by atoms with Crippen LogP contribution in [0.25, 0.3) is 0 Å². The molecule has 3 N–H and O–H groups in total. The van der Waals surface area contributed by atoms with Crippen LogP contribution in [0.1, 0.15) is 34.9 Å². The van der Waals surface area contributed by atoms with Crippen molar-refractivity contribution < 1.29 is 4.79 Å². The number of carbonyl (C=O) groups is 1. The molecule has 0 radical (unpaired) electrons. The highest BCUT2D eigenvalue weighted by molar-refractivity contribution is 7.10. The van der Waals surface area contributed by atoms with Crippen molar-refractivity contribution in [1.82, 2.24) is 10.2 Å². The number of halogens is 1. The summed E-state index contributed by atoms with van der Waals surface area (Å²) in [5.74, 6) is -0.0281. The molecule has 1 atom stereocenters. The van der Waals surface area contributed by atoms with Crippen LogP contribution in [0.3, 0.4) is 0 Å². The summed E-state index contributed by atoms with van der Waals surface area (Å²) in [5, 5.41) is 5.97. The van der Waals surface area contributed by atoms with Crippen LogP contribution in [-0.2, 0) is 17.8 Å². The molecule has 1 amide bonds. The number of nitrogens with one attached hydrogen (secondary N) is 1. The van der Waals surface area contributed by atoms with E-state index in [0.29, 0.717) is 6.54 Å². The predicted octanol–water partition coefficient (Wildman–Crippen LogP) is 3.11. The van der Waals surface area contributed by atoms with E-state index in [1.165, 1.54) is 16.0 Å². The van der Waals surface area contributed by atoms with Crippen LogP contribution in [0.15, 0.2) is 35.7 Å². The predicted molar refractivity (Wildman–Crippen MR) is 102 cm³/mol. The molecule has 1 fully saturated rings. The van der Waals surface area contributed by atoms with Crippen LogP contribution >= 0.6 is 22.9 Å². The van der Waals surface area contributed by atoms with E-state index >= 15 is 0 Å². The minimum Gasteiger partial charge on any atom is -0.353 e. The Kier molecular flexibility index (Phi) is 4.58. The van der Waals surface area contributed by atoms with Gasteiger partial charge < -0.3 is 11.1 Å². The molecule has 0 saturated heterocycles. The Bertz CT molecular complexity index is 769. The third-order valence-corrected chi connectivity index (χ3v) is 6.50. The Labute approximate surface area is 157 Å². The zero-order valence-electron chi connectivity index (χ0n) is 14.0. The Balaban J connectivity index is 1.53. The van der Waals surface area contributed by atoms with Crippen molar-refractivity contribution in [2.75, 3.05) is 13.1 Å². The van der Waals surface area contributed by atoms with Crippen LogP contribution in [0.2, 0.25) is 5.02 Å². The second kappa shape index (κ2) is 6.72. The molecule has 0 spiro atoms. The first-order valence-electron chi connectivity index (χ1n) is 8.67. The highest BCUT2D eigenvalue weighted by atomic mass is 35.5. The number of nitrogens with two attached hydrogens (primary N) is 1. The van der Waals surface area contributed by atoms with Gasteiger partial charge in [-0.2, -0.15) is 0 Å². The summed E-state index contributed by atoms with van der Waals surface area (Å²) in [6, 6.07) is 10.3. The van der Waals surface area contributed by atoms with Gasteiger partial charge in [-0.3, -0.25) is 9.69 Å². The van der Waals surface area contributed by atoms with Gasteiger partial charge in [0, 0.05) is 29.5 Å². The summed E-state index contributed by atoms with van der Waals surface area (Å²) >= 11 is 7.89. The minimum absolute atomic E-state index is 0.0281. The second-order valence-corrected chi connectivity index (χ2v) is 8.46. The molecule has 25 heavy (non-hydrogen) atoms. The first-order valence-corrected chi connectivity index (χ1v) is 9.93. The van der Waals surface area contributed by atoms with E-state index in [1.807, 2.05) is 23.5 Å². The van der Waals surface area contributed by atoms with Crippen LogP contribution in [0.4, 0.5) is 0 Å². The Hall–Kier alpha value is -1.40. The lowest BCUT2D eigenvalue weighted by Crippen LogP contribution is -2.46. The lowest BCUT2D eigenvalue weighted by Gasteiger charge is -2.35. The SMILES string of the molecule is NC1(C(=O)NCC(c2ccc(Cl)cc2)N2CCc3sccc3C2)CC1. The molecule has 6 heteroatoms. The minimum atomic E-state index is -0.632. The van der Waals surface area contributed by atoms with E-state index in [2.05, 4.69) is 33.8 Å². The van der Waals surface area contributed by atoms with Gasteiger partial charge in [-0.1, -0.05) is 23.7 Å². The fraction of sp³-hybridized carbons (Fsp3) is 0.421. The smallest absolute Gasteiger partial charge is 0.240 e. The number of rotatable bonds is 5. The maximum absolute atomic E-state index is 12.3. The number of benzene rings is 1. The average molecular weight is 376 g/mol. The summed E-state index contributed by atoms with van der Waals surface area (Å²) in [6.45, 7) is 2.47. The molecular formula is C19H22ClN3OS. The maximum Gasteiger partial charge on any atom is 0.240 e. The van der Waals surface area contributed by atoms with E-state index in [1.54, 1.807) is 0 Å². The van der Waals surface area contributed by atoms with Crippen molar-refractivity contribution >= 4 is 28.8 Å². The molecule has 1 aromatic heterocycles. The molecule has 2 aromatic rings. The van der Waals surface area contributed by atoms with E-state index in [-0.39, 0.29) is 11.9 Å². The number of hydrogen-bond acceptors (Lipinski definition) is 4. The molecule has 1 saturated carbocycles. The van der Waals surface area contributed by atoms with Crippen LogP contribution < -0.4 is 11.1 Å². The second-order valence-electron chi connectivity index (χ2n) is 7.02. The highest BCUT2D eigenvalue weighted by Crippen LogP contribution is 2.33. The van der Waals surface area contributed by atoms with Gasteiger partial charge in [-0.05, 0) is 54.0 Å². The van der Waals surface area contributed by atoms with Gasteiger partial charge in [0.1, 0.15) is 0 Å². The zero-order valence-corrected chi connectivity index (χ0v) is 15.6. The summed E-state index contributed by atoms with van der Waals surface area (Å²) in [4.78, 5) is 16.2. The quantitative estimate of drug-likeness (QED) is 0.844. The van der Waals surface area contributed by atoms with Crippen LogP contribution in [0.5, 0.6) is 0 Å². The average Bonchev–Trinajstić information content (AvgIpc) is 3.20. The summed E-state index contributed by atoms with van der Waals surface area (Å²) < 4.78 is 0. The van der Waals surface area contributed by atoms with Crippen molar-refractivity contribution in [2.45, 2.75) is 37.4 Å². The van der Waals surface area contributed by atoms with Gasteiger partial charge in [0.15, 0.2) is 0 Å². The third-order valence-electron chi connectivity index (χ3n) is 5.23.